The largest absolute Gasteiger partial charge is 0.366 e. The summed E-state index contributed by atoms with van der Waals surface area (Å²) < 4.78 is 27.0. The number of nitrogens with two attached hydrogens (primary N) is 1. The number of nitrogens with zero attached hydrogens (tertiary/aromatic N) is 1. The van der Waals surface area contributed by atoms with Crippen molar-refractivity contribution in [2.24, 2.45) is 5.73 Å². The smallest absolute Gasteiger partial charge is 0.251 e. The van der Waals surface area contributed by atoms with E-state index in [1.54, 1.807) is 19.0 Å². The summed E-state index contributed by atoms with van der Waals surface area (Å²) in [7, 11) is 3.60. The summed E-state index contributed by atoms with van der Waals surface area (Å²) in [4.78, 5) is 12.7. The molecular formula is C11H14F2N2O. The Morgan fingerprint density at radius 1 is 1.38 bits per heavy atom. The Hall–Kier alpha value is -1.49. The normalized spacial score (nSPS) is 10.8. The molecule has 0 fully saturated rings. The Morgan fingerprint density at radius 2 is 2.00 bits per heavy atom. The van der Waals surface area contributed by atoms with Gasteiger partial charge in [-0.15, -0.1) is 0 Å². The fourth-order valence-corrected chi connectivity index (χ4v) is 1.35. The molecule has 0 heterocycles. The van der Waals surface area contributed by atoms with Crippen LogP contribution in [0.3, 0.4) is 0 Å². The highest BCUT2D eigenvalue weighted by Crippen LogP contribution is 2.17. The number of primary amides is 1. The molecule has 5 heteroatoms. The molecule has 0 saturated heterocycles. The third kappa shape index (κ3) is 2.76. The van der Waals surface area contributed by atoms with Crippen LogP contribution in [0.25, 0.3) is 0 Å². The third-order valence-corrected chi connectivity index (χ3v) is 2.26. The molecule has 3 nitrogen and oxygen atoms in total. The molecule has 2 N–H and O–H groups in total. The number of amides is 1. The second kappa shape index (κ2) is 5.03. The number of likely N-dealkylation sites (N-methyl/N-ethyl adjacent to an activating group) is 1. The molecule has 0 saturated carbocycles. The lowest BCUT2D eigenvalue weighted by Gasteiger charge is -2.11. The number of hydrogen-bond acceptors (Lipinski definition) is 2. The Morgan fingerprint density at radius 3 is 2.50 bits per heavy atom. The number of carbonyl (C=O) groups is 1. The topological polar surface area (TPSA) is 46.3 Å². The lowest BCUT2D eigenvalue weighted by molar-refractivity contribution is 0.0996. The lowest BCUT2D eigenvalue weighted by Crippen LogP contribution is -2.19. The highest BCUT2D eigenvalue weighted by atomic mass is 19.1. The van der Waals surface area contributed by atoms with E-state index in [4.69, 9.17) is 5.73 Å². The van der Waals surface area contributed by atoms with Crippen molar-refractivity contribution in [1.29, 1.82) is 0 Å². The van der Waals surface area contributed by atoms with E-state index in [1.165, 1.54) is 0 Å². The molecule has 88 valence electrons. The predicted octanol–water partition coefficient (Wildman–Crippen LogP) is 1.17. The van der Waals surface area contributed by atoms with Crippen molar-refractivity contribution >= 4 is 5.91 Å². The fourth-order valence-electron chi connectivity index (χ4n) is 1.35. The van der Waals surface area contributed by atoms with Crippen LogP contribution in [0.4, 0.5) is 8.78 Å². The quantitative estimate of drug-likeness (QED) is 0.840. The van der Waals surface area contributed by atoms with Crippen molar-refractivity contribution in [2.45, 2.75) is 6.42 Å². The molecule has 1 amide bonds. The van der Waals surface area contributed by atoms with Gasteiger partial charge in [-0.3, -0.25) is 4.79 Å². The van der Waals surface area contributed by atoms with Gasteiger partial charge in [0, 0.05) is 12.1 Å². The standard InChI is InChI=1S/C11H14F2N2O/c1-15(2)6-5-7-9(12)4-3-8(10(7)13)11(14)16/h3-4H,5-6H2,1-2H3,(H2,14,16). The molecular weight excluding hydrogens is 214 g/mol. The van der Waals surface area contributed by atoms with E-state index in [-0.39, 0.29) is 17.5 Å². The average molecular weight is 228 g/mol. The van der Waals surface area contributed by atoms with E-state index < -0.39 is 17.5 Å². The second-order valence-corrected chi connectivity index (χ2v) is 3.81. The van der Waals surface area contributed by atoms with Gasteiger partial charge in [0.15, 0.2) is 0 Å². The first-order valence-corrected chi connectivity index (χ1v) is 4.85. The summed E-state index contributed by atoms with van der Waals surface area (Å²) >= 11 is 0. The highest BCUT2D eigenvalue weighted by molar-refractivity contribution is 5.93. The van der Waals surface area contributed by atoms with E-state index in [0.29, 0.717) is 6.54 Å². The average Bonchev–Trinajstić information content (AvgIpc) is 2.16. The van der Waals surface area contributed by atoms with Crippen molar-refractivity contribution in [2.75, 3.05) is 20.6 Å². The zero-order valence-electron chi connectivity index (χ0n) is 9.26. The summed E-state index contributed by atoms with van der Waals surface area (Å²) in [6, 6.07) is 2.13. The molecule has 0 unspecified atom stereocenters. The van der Waals surface area contributed by atoms with Gasteiger partial charge in [-0.1, -0.05) is 0 Å². The molecule has 0 radical (unpaired) electrons. The van der Waals surface area contributed by atoms with Gasteiger partial charge in [0.2, 0.25) is 0 Å². The van der Waals surface area contributed by atoms with Crippen LogP contribution < -0.4 is 5.73 Å². The maximum atomic E-state index is 13.7. The van der Waals surface area contributed by atoms with Crippen molar-refractivity contribution in [3.8, 4) is 0 Å². The molecule has 0 aromatic heterocycles. The van der Waals surface area contributed by atoms with Crippen molar-refractivity contribution in [3.05, 3.63) is 34.9 Å². The van der Waals surface area contributed by atoms with Crippen LogP contribution >= 0.6 is 0 Å². The molecule has 1 aromatic rings. The molecule has 1 aromatic carbocycles. The Labute approximate surface area is 92.8 Å². The molecule has 0 aliphatic heterocycles. The van der Waals surface area contributed by atoms with Crippen LogP contribution in [-0.4, -0.2) is 31.4 Å². The highest BCUT2D eigenvalue weighted by Gasteiger charge is 2.16. The zero-order chi connectivity index (χ0) is 12.3. The Balaban J connectivity index is 3.06. The minimum Gasteiger partial charge on any atom is -0.366 e. The van der Waals surface area contributed by atoms with E-state index in [1.807, 2.05) is 0 Å². The van der Waals surface area contributed by atoms with E-state index >= 15 is 0 Å². The van der Waals surface area contributed by atoms with Gasteiger partial charge in [0.25, 0.3) is 5.91 Å². The Bertz CT molecular complexity index is 405. The van der Waals surface area contributed by atoms with Crippen LogP contribution in [-0.2, 0) is 6.42 Å². The van der Waals surface area contributed by atoms with Crippen LogP contribution in [0, 0.1) is 11.6 Å². The molecule has 16 heavy (non-hydrogen) atoms. The van der Waals surface area contributed by atoms with Gasteiger partial charge in [-0.2, -0.15) is 0 Å². The number of carbonyl (C=O) groups excluding carboxylic acids is 1. The number of halogens is 2. The van der Waals surface area contributed by atoms with Gasteiger partial charge < -0.3 is 10.6 Å². The summed E-state index contributed by atoms with van der Waals surface area (Å²) in [5, 5.41) is 0. The van der Waals surface area contributed by atoms with Crippen LogP contribution in [0.5, 0.6) is 0 Å². The SMILES string of the molecule is CN(C)CCc1c(F)ccc(C(N)=O)c1F. The second-order valence-electron chi connectivity index (χ2n) is 3.81. The molecule has 0 spiro atoms. The summed E-state index contributed by atoms with van der Waals surface area (Å²) in [6.45, 7) is 0.496. The van der Waals surface area contributed by atoms with Gasteiger partial charge in [-0.05, 0) is 32.6 Å². The minimum atomic E-state index is -0.886. The molecule has 0 aliphatic carbocycles. The first-order chi connectivity index (χ1) is 7.43. The predicted molar refractivity (Wildman–Crippen MR) is 57.1 cm³/mol. The molecule has 0 bridgehead atoms. The van der Waals surface area contributed by atoms with Crippen molar-refractivity contribution in [3.63, 3.8) is 0 Å². The molecule has 1 rings (SSSR count). The van der Waals surface area contributed by atoms with Crippen LogP contribution in [0.15, 0.2) is 12.1 Å². The number of rotatable bonds is 4. The number of benzene rings is 1. The minimum absolute atomic E-state index is 0.0926. The monoisotopic (exact) mass is 228 g/mol. The first kappa shape index (κ1) is 12.6. The van der Waals surface area contributed by atoms with Crippen molar-refractivity contribution < 1.29 is 13.6 Å². The van der Waals surface area contributed by atoms with Crippen LogP contribution in [0.1, 0.15) is 15.9 Å². The summed E-state index contributed by atoms with van der Waals surface area (Å²) in [6.07, 6.45) is 0.200. The van der Waals surface area contributed by atoms with Gasteiger partial charge in [0.1, 0.15) is 11.6 Å². The summed E-state index contributed by atoms with van der Waals surface area (Å²) in [5.74, 6) is -2.39. The summed E-state index contributed by atoms with van der Waals surface area (Å²) in [5.41, 5.74) is 4.62. The maximum Gasteiger partial charge on any atom is 0.251 e. The van der Waals surface area contributed by atoms with Gasteiger partial charge >= 0.3 is 0 Å². The lowest BCUT2D eigenvalue weighted by atomic mass is 10.1. The molecule has 0 aliphatic rings. The van der Waals surface area contributed by atoms with E-state index in [0.717, 1.165) is 12.1 Å². The third-order valence-electron chi connectivity index (χ3n) is 2.26. The van der Waals surface area contributed by atoms with E-state index in [9.17, 15) is 13.6 Å². The van der Waals surface area contributed by atoms with Crippen molar-refractivity contribution in [1.82, 2.24) is 4.90 Å². The van der Waals surface area contributed by atoms with E-state index in [2.05, 4.69) is 0 Å². The number of hydrogen-bond donors (Lipinski definition) is 1. The fraction of sp³-hybridized carbons (Fsp3) is 0.364. The maximum absolute atomic E-state index is 13.7. The van der Waals surface area contributed by atoms with Crippen LogP contribution in [0.2, 0.25) is 0 Å². The Kier molecular flexibility index (Phi) is 3.95. The van der Waals surface area contributed by atoms with Gasteiger partial charge in [0.05, 0.1) is 5.56 Å². The molecule has 0 atom stereocenters. The first-order valence-electron chi connectivity index (χ1n) is 4.85. The van der Waals surface area contributed by atoms with Gasteiger partial charge in [-0.25, -0.2) is 8.78 Å². The zero-order valence-corrected chi connectivity index (χ0v) is 9.26.